The van der Waals surface area contributed by atoms with Gasteiger partial charge in [-0.2, -0.15) is 0 Å². The third-order valence-electron chi connectivity index (χ3n) is 5.31. The molecule has 0 aliphatic heterocycles. The topological polar surface area (TPSA) is 38.1 Å². The van der Waals surface area contributed by atoms with Crippen LogP contribution in [0.2, 0.25) is 0 Å². The van der Waals surface area contributed by atoms with Gasteiger partial charge in [0.05, 0.1) is 10.2 Å². The second-order valence-electron chi connectivity index (χ2n) is 7.41. The predicted molar refractivity (Wildman–Crippen MR) is 130 cm³/mol. The average molecular weight is 419 g/mol. The van der Waals surface area contributed by atoms with Crippen molar-refractivity contribution in [3.8, 4) is 21.9 Å². The zero-order valence-corrected chi connectivity index (χ0v) is 17.4. The number of hydrogen-bond acceptors (Lipinski definition) is 4. The van der Waals surface area contributed by atoms with E-state index in [-0.39, 0.29) is 0 Å². The normalized spacial score (nSPS) is 11.2. The number of thiazole rings is 1. The lowest BCUT2D eigenvalue weighted by Gasteiger charge is -2.07. The van der Waals surface area contributed by atoms with E-state index in [1.165, 1.54) is 4.70 Å². The van der Waals surface area contributed by atoms with Gasteiger partial charge in [0.1, 0.15) is 16.4 Å². The van der Waals surface area contributed by atoms with E-state index in [0.29, 0.717) is 0 Å². The van der Waals surface area contributed by atoms with Crippen LogP contribution in [0.3, 0.4) is 0 Å². The predicted octanol–water partition coefficient (Wildman–Crippen LogP) is 8.12. The summed E-state index contributed by atoms with van der Waals surface area (Å²) in [5.74, 6) is 0.882. The molecule has 0 spiro atoms. The number of benzene rings is 4. The molecule has 0 aliphatic rings. The van der Waals surface area contributed by atoms with Gasteiger partial charge in [-0.1, -0.05) is 30.3 Å². The second-order valence-corrected chi connectivity index (χ2v) is 8.45. The van der Waals surface area contributed by atoms with Gasteiger partial charge in [-0.3, -0.25) is 0 Å². The molecule has 3 nitrogen and oxygen atoms in total. The number of hydrogen-bond donors (Lipinski definition) is 1. The number of aromatic nitrogens is 1. The summed E-state index contributed by atoms with van der Waals surface area (Å²) in [6, 6.07) is 35.1. The van der Waals surface area contributed by atoms with Crippen LogP contribution in [-0.4, -0.2) is 4.98 Å². The van der Waals surface area contributed by atoms with Crippen molar-refractivity contribution in [1.29, 1.82) is 0 Å². The first-order valence-corrected chi connectivity index (χ1v) is 11.0. The lowest BCUT2D eigenvalue weighted by atomic mass is 10.1. The molecule has 1 N–H and O–H groups in total. The van der Waals surface area contributed by atoms with E-state index in [4.69, 9.17) is 9.40 Å². The maximum Gasteiger partial charge on any atom is 0.135 e. The number of rotatable bonds is 4. The summed E-state index contributed by atoms with van der Waals surface area (Å²) in [5.41, 5.74) is 6.23. The van der Waals surface area contributed by atoms with Gasteiger partial charge in [0, 0.05) is 27.9 Å². The highest BCUT2D eigenvalue weighted by Crippen LogP contribution is 2.32. The highest BCUT2D eigenvalue weighted by Gasteiger charge is 2.07. The molecular weight excluding hydrogens is 400 g/mol. The fourth-order valence-corrected chi connectivity index (χ4v) is 4.67. The van der Waals surface area contributed by atoms with Crippen molar-refractivity contribution < 1.29 is 4.42 Å². The van der Waals surface area contributed by atoms with Crippen molar-refractivity contribution in [2.45, 2.75) is 0 Å². The van der Waals surface area contributed by atoms with Crippen LogP contribution < -0.4 is 5.32 Å². The van der Waals surface area contributed by atoms with E-state index in [1.54, 1.807) is 11.3 Å². The van der Waals surface area contributed by atoms with Gasteiger partial charge in [0.15, 0.2) is 0 Å². The monoisotopic (exact) mass is 418 g/mol. The molecule has 148 valence electrons. The maximum absolute atomic E-state index is 5.96. The minimum Gasteiger partial charge on any atom is -0.456 e. The molecular formula is C27H18N2OS. The van der Waals surface area contributed by atoms with Gasteiger partial charge in [-0.15, -0.1) is 11.3 Å². The fourth-order valence-electron chi connectivity index (χ4n) is 3.70. The third-order valence-corrected chi connectivity index (χ3v) is 6.39. The largest absolute Gasteiger partial charge is 0.456 e. The van der Waals surface area contributed by atoms with E-state index in [0.717, 1.165) is 49.8 Å². The van der Waals surface area contributed by atoms with Crippen LogP contribution >= 0.6 is 11.3 Å². The number of anilines is 2. The lowest BCUT2D eigenvalue weighted by Crippen LogP contribution is -1.90. The van der Waals surface area contributed by atoms with Crippen molar-refractivity contribution >= 4 is 43.9 Å². The molecule has 0 atom stereocenters. The molecule has 2 aromatic heterocycles. The van der Waals surface area contributed by atoms with Crippen LogP contribution in [0.5, 0.6) is 0 Å². The first-order valence-electron chi connectivity index (χ1n) is 10.1. The molecule has 2 heterocycles. The highest BCUT2D eigenvalue weighted by molar-refractivity contribution is 7.21. The zero-order chi connectivity index (χ0) is 20.6. The molecule has 4 aromatic carbocycles. The Hall–Kier alpha value is -3.89. The third kappa shape index (κ3) is 3.47. The summed E-state index contributed by atoms with van der Waals surface area (Å²) in [6.07, 6.45) is 0. The Morgan fingerprint density at radius 1 is 0.677 bits per heavy atom. The van der Waals surface area contributed by atoms with Crippen LogP contribution in [-0.2, 0) is 0 Å². The minimum absolute atomic E-state index is 0.882. The number of para-hydroxylation sites is 2. The Balaban J connectivity index is 1.20. The van der Waals surface area contributed by atoms with Crippen LogP contribution in [0, 0.1) is 0 Å². The molecule has 6 aromatic rings. The summed E-state index contributed by atoms with van der Waals surface area (Å²) >= 11 is 1.72. The van der Waals surface area contributed by atoms with Crippen molar-refractivity contribution in [1.82, 2.24) is 4.98 Å². The Kier molecular flexibility index (Phi) is 4.29. The van der Waals surface area contributed by atoms with Gasteiger partial charge in [-0.05, 0) is 72.8 Å². The second kappa shape index (κ2) is 7.42. The van der Waals surface area contributed by atoms with E-state index < -0.39 is 0 Å². The van der Waals surface area contributed by atoms with E-state index in [2.05, 4.69) is 84.2 Å². The number of nitrogens with one attached hydrogen (secondary N) is 1. The Morgan fingerprint density at radius 2 is 1.35 bits per heavy atom. The maximum atomic E-state index is 5.96. The fraction of sp³-hybridized carbons (Fsp3) is 0. The molecule has 0 saturated heterocycles. The molecule has 0 fully saturated rings. The molecule has 0 bridgehead atoms. The minimum atomic E-state index is 0.882. The quantitative estimate of drug-likeness (QED) is 0.314. The first-order chi connectivity index (χ1) is 15.3. The van der Waals surface area contributed by atoms with Gasteiger partial charge < -0.3 is 9.73 Å². The van der Waals surface area contributed by atoms with Gasteiger partial charge in [0.2, 0.25) is 0 Å². The Labute approximate surface area is 183 Å². The summed E-state index contributed by atoms with van der Waals surface area (Å²) in [6.45, 7) is 0. The van der Waals surface area contributed by atoms with Gasteiger partial charge in [-0.25, -0.2) is 4.98 Å². The van der Waals surface area contributed by atoms with Crippen molar-refractivity contribution in [2.24, 2.45) is 0 Å². The Bertz CT molecular complexity index is 1310. The SMILES string of the molecule is c1ccc2oc(-c3ccc(Nc4ccc(-c5nc6ccccc6s5)cc4)cc3)cc2c1. The van der Waals surface area contributed by atoms with Crippen molar-refractivity contribution in [2.75, 3.05) is 5.32 Å². The van der Waals surface area contributed by atoms with Crippen molar-refractivity contribution in [3.05, 3.63) is 103 Å². The van der Waals surface area contributed by atoms with Crippen LogP contribution in [0.4, 0.5) is 11.4 Å². The van der Waals surface area contributed by atoms with Gasteiger partial charge in [0.25, 0.3) is 0 Å². The smallest absolute Gasteiger partial charge is 0.135 e. The average Bonchev–Trinajstić information content (AvgIpc) is 3.44. The molecule has 6 rings (SSSR count). The van der Waals surface area contributed by atoms with Gasteiger partial charge >= 0.3 is 0 Å². The summed E-state index contributed by atoms with van der Waals surface area (Å²) < 4.78 is 7.18. The molecule has 0 radical (unpaired) electrons. The molecule has 4 heteroatoms. The zero-order valence-electron chi connectivity index (χ0n) is 16.6. The number of furan rings is 1. The summed E-state index contributed by atoms with van der Waals surface area (Å²) in [5, 5.41) is 5.63. The lowest BCUT2D eigenvalue weighted by molar-refractivity contribution is 0.631. The molecule has 0 saturated carbocycles. The highest BCUT2D eigenvalue weighted by atomic mass is 32.1. The summed E-state index contributed by atoms with van der Waals surface area (Å²) in [7, 11) is 0. The van der Waals surface area contributed by atoms with E-state index in [9.17, 15) is 0 Å². The van der Waals surface area contributed by atoms with Crippen LogP contribution in [0.25, 0.3) is 43.1 Å². The number of fused-ring (bicyclic) bond motifs is 2. The van der Waals surface area contributed by atoms with Crippen LogP contribution in [0.1, 0.15) is 0 Å². The first kappa shape index (κ1) is 17.9. The molecule has 0 unspecified atom stereocenters. The summed E-state index contributed by atoms with van der Waals surface area (Å²) in [4.78, 5) is 4.74. The van der Waals surface area contributed by atoms with E-state index >= 15 is 0 Å². The molecule has 0 aliphatic carbocycles. The molecule has 31 heavy (non-hydrogen) atoms. The van der Waals surface area contributed by atoms with Crippen molar-refractivity contribution in [3.63, 3.8) is 0 Å². The standard InChI is InChI=1S/C27H18N2OS/c1-3-7-24-20(5-1)17-25(30-24)18-9-13-21(14-10-18)28-22-15-11-19(12-16-22)27-29-23-6-2-4-8-26(23)31-27/h1-17,28H. The number of nitrogens with zero attached hydrogens (tertiary/aromatic N) is 1. The Morgan fingerprint density at radius 3 is 2.10 bits per heavy atom. The van der Waals surface area contributed by atoms with E-state index in [1.807, 2.05) is 24.3 Å². The van der Waals surface area contributed by atoms with Crippen LogP contribution in [0.15, 0.2) is 108 Å². The molecule has 0 amide bonds.